The van der Waals surface area contributed by atoms with E-state index in [4.69, 9.17) is 15.4 Å². The van der Waals surface area contributed by atoms with Gasteiger partial charge in [-0.3, -0.25) is 0 Å². The van der Waals surface area contributed by atoms with Gasteiger partial charge in [0, 0.05) is 16.2 Å². The van der Waals surface area contributed by atoms with Gasteiger partial charge in [-0.2, -0.15) is 0 Å². The summed E-state index contributed by atoms with van der Waals surface area (Å²) in [6, 6.07) is 2.26. The van der Waals surface area contributed by atoms with E-state index in [9.17, 15) is 12.8 Å². The van der Waals surface area contributed by atoms with E-state index in [2.05, 4.69) is 15.9 Å². The molecule has 15 heavy (non-hydrogen) atoms. The zero-order chi connectivity index (χ0) is 11.6. The molecule has 0 N–H and O–H groups in total. The van der Waals surface area contributed by atoms with Gasteiger partial charge < -0.3 is 4.74 Å². The summed E-state index contributed by atoms with van der Waals surface area (Å²) in [7, 11) is 2.71. The Morgan fingerprint density at radius 2 is 2.13 bits per heavy atom. The zero-order valence-corrected chi connectivity index (χ0v) is 10.8. The molecule has 0 fully saturated rings. The predicted molar refractivity (Wildman–Crippen MR) is 59.1 cm³/mol. The fourth-order valence-electron chi connectivity index (χ4n) is 1.14. The molecule has 0 heterocycles. The van der Waals surface area contributed by atoms with Crippen LogP contribution in [0.5, 0.6) is 5.75 Å². The third kappa shape index (κ3) is 3.62. The summed E-state index contributed by atoms with van der Waals surface area (Å²) in [5.74, 6) is -0.771. The molecule has 1 rings (SSSR count). The van der Waals surface area contributed by atoms with Crippen LogP contribution in [0.3, 0.4) is 0 Å². The Balaban J connectivity index is 3.27. The fraction of sp³-hybridized carbons (Fsp3) is 0.250. The van der Waals surface area contributed by atoms with Gasteiger partial charge in [0.2, 0.25) is 9.05 Å². The Kier molecular flexibility index (Phi) is 3.97. The Labute approximate surface area is 99.7 Å². The molecular formula is C8H7BrClFO3S. The minimum absolute atomic E-state index is 0.180. The maximum absolute atomic E-state index is 13.0. The third-order valence-corrected chi connectivity index (χ3v) is 3.19. The number of hydrogen-bond donors (Lipinski definition) is 0. The number of hydrogen-bond acceptors (Lipinski definition) is 3. The average Bonchev–Trinajstić information content (AvgIpc) is 1.99. The van der Waals surface area contributed by atoms with Crippen LogP contribution in [0.15, 0.2) is 16.6 Å². The molecule has 0 aliphatic carbocycles. The van der Waals surface area contributed by atoms with Crippen molar-refractivity contribution in [1.82, 2.24) is 0 Å². The summed E-state index contributed by atoms with van der Waals surface area (Å²) in [5.41, 5.74) is 0.180. The van der Waals surface area contributed by atoms with Crippen molar-refractivity contribution in [3.05, 3.63) is 28.0 Å². The second-order valence-electron chi connectivity index (χ2n) is 2.76. The van der Waals surface area contributed by atoms with Crippen LogP contribution in [0.2, 0.25) is 0 Å². The quantitative estimate of drug-likeness (QED) is 0.805. The van der Waals surface area contributed by atoms with Crippen LogP contribution in [0.1, 0.15) is 5.56 Å². The number of methoxy groups -OCH3 is 1. The maximum Gasteiger partial charge on any atom is 0.236 e. The molecular weight excluding hydrogens is 311 g/mol. The molecule has 84 valence electrons. The second-order valence-corrected chi connectivity index (χ2v) is 6.39. The van der Waals surface area contributed by atoms with E-state index in [1.165, 1.54) is 13.2 Å². The summed E-state index contributed by atoms with van der Waals surface area (Å²) < 4.78 is 40.0. The number of rotatable bonds is 3. The minimum atomic E-state index is -3.74. The third-order valence-electron chi connectivity index (χ3n) is 1.62. The summed E-state index contributed by atoms with van der Waals surface area (Å²) >= 11 is 3.06. The van der Waals surface area contributed by atoms with Crippen molar-refractivity contribution in [2.45, 2.75) is 5.75 Å². The Bertz CT molecular complexity index is 475. The van der Waals surface area contributed by atoms with Gasteiger partial charge in [0.15, 0.2) is 0 Å². The molecule has 0 amide bonds. The summed E-state index contributed by atoms with van der Waals surface area (Å²) in [5, 5.41) is 0. The van der Waals surface area contributed by atoms with E-state index in [1.54, 1.807) is 0 Å². The molecule has 1 aromatic carbocycles. The smallest absolute Gasteiger partial charge is 0.236 e. The van der Waals surface area contributed by atoms with Gasteiger partial charge in [-0.05, 0) is 28.1 Å². The van der Waals surface area contributed by atoms with Crippen molar-refractivity contribution in [2.75, 3.05) is 7.11 Å². The van der Waals surface area contributed by atoms with Crippen LogP contribution in [0.4, 0.5) is 4.39 Å². The van der Waals surface area contributed by atoms with E-state index in [0.29, 0.717) is 4.47 Å². The van der Waals surface area contributed by atoms with Gasteiger partial charge in [0.1, 0.15) is 11.6 Å². The van der Waals surface area contributed by atoms with E-state index in [-0.39, 0.29) is 11.3 Å². The number of halogens is 3. The van der Waals surface area contributed by atoms with Crippen LogP contribution in [-0.4, -0.2) is 15.5 Å². The van der Waals surface area contributed by atoms with Crippen LogP contribution in [0.25, 0.3) is 0 Å². The van der Waals surface area contributed by atoms with Gasteiger partial charge in [-0.15, -0.1) is 0 Å². The SMILES string of the molecule is COc1c(Br)cc(F)cc1CS(=O)(=O)Cl. The highest BCUT2D eigenvalue weighted by atomic mass is 79.9. The monoisotopic (exact) mass is 316 g/mol. The van der Waals surface area contributed by atoms with Gasteiger partial charge in [-0.1, -0.05) is 0 Å². The molecule has 0 unspecified atom stereocenters. The second kappa shape index (κ2) is 4.67. The molecule has 0 spiro atoms. The maximum atomic E-state index is 13.0. The Morgan fingerprint density at radius 1 is 1.53 bits per heavy atom. The summed E-state index contributed by atoms with van der Waals surface area (Å²) in [4.78, 5) is 0. The molecule has 0 bridgehead atoms. The van der Waals surface area contributed by atoms with Crippen LogP contribution in [0, 0.1) is 5.82 Å². The molecule has 0 saturated heterocycles. The molecule has 1 aromatic rings. The highest BCUT2D eigenvalue weighted by Crippen LogP contribution is 2.31. The topological polar surface area (TPSA) is 43.4 Å². The van der Waals surface area contributed by atoms with Crippen LogP contribution in [-0.2, 0) is 14.8 Å². The zero-order valence-electron chi connectivity index (χ0n) is 7.63. The van der Waals surface area contributed by atoms with E-state index in [1.807, 2.05) is 0 Å². The first-order valence-electron chi connectivity index (χ1n) is 3.77. The number of benzene rings is 1. The first kappa shape index (κ1) is 12.7. The first-order valence-corrected chi connectivity index (χ1v) is 7.05. The van der Waals surface area contributed by atoms with Gasteiger partial charge in [0.05, 0.1) is 17.3 Å². The Hall–Kier alpha value is -0.330. The molecule has 0 atom stereocenters. The molecule has 0 radical (unpaired) electrons. The van der Waals surface area contributed by atoms with E-state index >= 15 is 0 Å². The summed E-state index contributed by atoms with van der Waals surface area (Å²) in [6.07, 6.45) is 0. The van der Waals surface area contributed by atoms with Gasteiger partial charge in [-0.25, -0.2) is 12.8 Å². The van der Waals surface area contributed by atoms with Crippen LogP contribution < -0.4 is 4.74 Å². The molecule has 0 aliphatic heterocycles. The lowest BCUT2D eigenvalue weighted by atomic mass is 10.2. The van der Waals surface area contributed by atoms with E-state index < -0.39 is 20.6 Å². The lowest BCUT2D eigenvalue weighted by Gasteiger charge is -2.09. The van der Waals surface area contributed by atoms with Crippen molar-refractivity contribution < 1.29 is 17.5 Å². The molecule has 0 saturated carbocycles. The highest BCUT2D eigenvalue weighted by molar-refractivity contribution is 9.10. The van der Waals surface area contributed by atoms with Gasteiger partial charge >= 0.3 is 0 Å². The standard InChI is InChI=1S/C8H7BrClFO3S/c1-14-8-5(4-15(10,12)13)2-6(11)3-7(8)9/h2-3H,4H2,1H3. The molecule has 7 heteroatoms. The predicted octanol–water partition coefficient (Wildman–Crippen LogP) is 2.67. The molecule has 0 aromatic heterocycles. The minimum Gasteiger partial charge on any atom is -0.495 e. The Morgan fingerprint density at radius 3 is 2.60 bits per heavy atom. The first-order chi connectivity index (χ1) is 6.83. The van der Waals surface area contributed by atoms with Crippen molar-refractivity contribution in [3.63, 3.8) is 0 Å². The fourth-order valence-corrected chi connectivity index (χ4v) is 2.71. The molecule has 0 aliphatic rings. The van der Waals surface area contributed by atoms with E-state index in [0.717, 1.165) is 6.07 Å². The average molecular weight is 318 g/mol. The molecule has 3 nitrogen and oxygen atoms in total. The largest absolute Gasteiger partial charge is 0.495 e. The van der Waals surface area contributed by atoms with Gasteiger partial charge in [0.25, 0.3) is 0 Å². The van der Waals surface area contributed by atoms with Crippen molar-refractivity contribution in [1.29, 1.82) is 0 Å². The van der Waals surface area contributed by atoms with Crippen molar-refractivity contribution >= 4 is 35.7 Å². The lowest BCUT2D eigenvalue weighted by Crippen LogP contribution is -2.00. The number of ether oxygens (including phenoxy) is 1. The normalized spacial score (nSPS) is 11.5. The lowest BCUT2D eigenvalue weighted by molar-refractivity contribution is 0.407. The van der Waals surface area contributed by atoms with Crippen LogP contribution >= 0.6 is 26.6 Å². The highest BCUT2D eigenvalue weighted by Gasteiger charge is 2.15. The van der Waals surface area contributed by atoms with Crippen molar-refractivity contribution in [3.8, 4) is 5.75 Å². The summed E-state index contributed by atoms with van der Waals surface area (Å²) in [6.45, 7) is 0. The van der Waals surface area contributed by atoms with Crippen molar-refractivity contribution in [2.24, 2.45) is 0 Å².